The van der Waals surface area contributed by atoms with Crippen LogP contribution >= 0.6 is 23.4 Å². The molecule has 116 valence electrons. The molecule has 6 heteroatoms. The second-order valence-electron chi connectivity index (χ2n) is 4.51. The van der Waals surface area contributed by atoms with Crippen LogP contribution in [0.2, 0.25) is 5.02 Å². The summed E-state index contributed by atoms with van der Waals surface area (Å²) in [4.78, 5) is 4.17. The molecule has 0 saturated carbocycles. The molecule has 0 aliphatic rings. The third kappa shape index (κ3) is 4.93. The summed E-state index contributed by atoms with van der Waals surface area (Å²) in [5.41, 5.74) is 7.44. The lowest BCUT2D eigenvalue weighted by atomic mass is 10.2. The van der Waals surface area contributed by atoms with Crippen LogP contribution in [0.3, 0.4) is 0 Å². The number of ether oxygens (including phenoxy) is 1. The number of rotatable bonds is 5. The van der Waals surface area contributed by atoms with E-state index in [1.54, 1.807) is 0 Å². The van der Waals surface area contributed by atoms with Gasteiger partial charge in [-0.3, -0.25) is 0 Å². The highest BCUT2D eigenvalue weighted by molar-refractivity contribution is 8.13. The van der Waals surface area contributed by atoms with E-state index in [1.165, 1.54) is 30.0 Å². The van der Waals surface area contributed by atoms with Crippen LogP contribution in [0.1, 0.15) is 5.56 Å². The first-order valence-electron chi connectivity index (χ1n) is 6.66. The van der Waals surface area contributed by atoms with Gasteiger partial charge in [-0.1, -0.05) is 41.6 Å². The van der Waals surface area contributed by atoms with Gasteiger partial charge in [0.25, 0.3) is 0 Å². The molecule has 0 bridgehead atoms. The Hall–Kier alpha value is -1.72. The molecule has 0 aromatic heterocycles. The molecular weight excluding hydrogens is 323 g/mol. The zero-order chi connectivity index (χ0) is 15.9. The molecule has 0 amide bonds. The van der Waals surface area contributed by atoms with E-state index in [1.807, 2.05) is 31.2 Å². The predicted octanol–water partition coefficient (Wildman–Crippen LogP) is 4.55. The van der Waals surface area contributed by atoms with Crippen LogP contribution in [-0.4, -0.2) is 17.5 Å². The summed E-state index contributed by atoms with van der Waals surface area (Å²) in [5, 5.41) is 0.415. The number of para-hydroxylation sites is 1. The van der Waals surface area contributed by atoms with Gasteiger partial charge in [0.15, 0.2) is 5.17 Å². The van der Waals surface area contributed by atoms with Gasteiger partial charge in [-0.15, -0.1) is 0 Å². The maximum Gasteiger partial charge on any atom is 0.159 e. The molecule has 2 N–H and O–H groups in total. The van der Waals surface area contributed by atoms with Gasteiger partial charge < -0.3 is 10.5 Å². The van der Waals surface area contributed by atoms with Crippen molar-refractivity contribution >= 4 is 34.2 Å². The molecular formula is C16H16ClFN2OS. The van der Waals surface area contributed by atoms with Crippen LogP contribution in [-0.2, 0) is 0 Å². The average molecular weight is 339 g/mol. The van der Waals surface area contributed by atoms with Crippen LogP contribution in [0, 0.1) is 12.7 Å². The van der Waals surface area contributed by atoms with Crippen molar-refractivity contribution in [1.82, 2.24) is 0 Å². The summed E-state index contributed by atoms with van der Waals surface area (Å²) in [6, 6.07) is 12.1. The molecule has 0 aliphatic carbocycles. The van der Waals surface area contributed by atoms with Crippen LogP contribution < -0.4 is 10.5 Å². The molecule has 0 atom stereocenters. The number of aliphatic imine (C=N–C) groups is 1. The largest absolute Gasteiger partial charge is 0.492 e. The third-order valence-corrected chi connectivity index (χ3v) is 3.87. The number of thioether (sulfide) groups is 1. The number of hydrogen-bond acceptors (Lipinski definition) is 3. The van der Waals surface area contributed by atoms with Gasteiger partial charge in [0.2, 0.25) is 0 Å². The summed E-state index contributed by atoms with van der Waals surface area (Å²) in [6.07, 6.45) is 0. The van der Waals surface area contributed by atoms with Gasteiger partial charge >= 0.3 is 0 Å². The first kappa shape index (κ1) is 16.6. The van der Waals surface area contributed by atoms with E-state index in [-0.39, 0.29) is 5.02 Å². The number of hydrogen-bond donors (Lipinski definition) is 1. The Labute approximate surface area is 138 Å². The topological polar surface area (TPSA) is 47.6 Å². The van der Waals surface area contributed by atoms with Crippen molar-refractivity contribution < 1.29 is 9.13 Å². The quantitative estimate of drug-likeness (QED) is 0.494. The fourth-order valence-corrected chi connectivity index (χ4v) is 2.45. The molecule has 0 spiro atoms. The number of halogens is 2. The smallest absolute Gasteiger partial charge is 0.159 e. The third-order valence-electron chi connectivity index (χ3n) is 2.83. The maximum atomic E-state index is 13.0. The van der Waals surface area contributed by atoms with Crippen molar-refractivity contribution in [2.24, 2.45) is 10.7 Å². The van der Waals surface area contributed by atoms with Crippen molar-refractivity contribution in [3.8, 4) is 5.75 Å². The zero-order valence-electron chi connectivity index (χ0n) is 12.1. The van der Waals surface area contributed by atoms with Gasteiger partial charge in [0.05, 0.1) is 17.3 Å². The highest BCUT2D eigenvalue weighted by Crippen LogP contribution is 2.22. The fourth-order valence-electron chi connectivity index (χ4n) is 1.73. The molecule has 0 saturated heterocycles. The SMILES string of the molecule is Cc1ccccc1OCCSC(N)=Nc1ccc(F)c(Cl)c1. The number of nitrogens with zero attached hydrogens (tertiary/aromatic N) is 1. The Balaban J connectivity index is 1.82. The van der Waals surface area contributed by atoms with Crippen LogP contribution in [0.4, 0.5) is 10.1 Å². The average Bonchev–Trinajstić information content (AvgIpc) is 2.49. The maximum absolute atomic E-state index is 13.0. The monoisotopic (exact) mass is 338 g/mol. The second kappa shape index (κ2) is 8.06. The van der Waals surface area contributed by atoms with E-state index >= 15 is 0 Å². The van der Waals surface area contributed by atoms with E-state index in [0.717, 1.165) is 11.3 Å². The molecule has 0 heterocycles. The van der Waals surface area contributed by atoms with Gasteiger partial charge in [-0.2, -0.15) is 0 Å². The summed E-state index contributed by atoms with van der Waals surface area (Å²) < 4.78 is 18.7. The molecule has 0 fully saturated rings. The highest BCUT2D eigenvalue weighted by atomic mass is 35.5. The van der Waals surface area contributed by atoms with Crippen molar-refractivity contribution in [2.75, 3.05) is 12.4 Å². The minimum atomic E-state index is -0.474. The Morgan fingerprint density at radius 1 is 1.32 bits per heavy atom. The first-order chi connectivity index (χ1) is 10.6. The van der Waals surface area contributed by atoms with Gasteiger partial charge in [0, 0.05) is 5.75 Å². The summed E-state index contributed by atoms with van der Waals surface area (Å²) in [6.45, 7) is 2.52. The lowest BCUT2D eigenvalue weighted by Gasteiger charge is -2.08. The van der Waals surface area contributed by atoms with Crippen LogP contribution in [0.5, 0.6) is 5.75 Å². The summed E-state index contributed by atoms with van der Waals surface area (Å²) in [7, 11) is 0. The van der Waals surface area contributed by atoms with E-state index in [2.05, 4.69) is 4.99 Å². The Morgan fingerprint density at radius 2 is 2.09 bits per heavy atom. The van der Waals surface area contributed by atoms with Crippen LogP contribution in [0.25, 0.3) is 0 Å². The fraction of sp³-hybridized carbons (Fsp3) is 0.188. The van der Waals surface area contributed by atoms with E-state index < -0.39 is 5.82 Å². The Bertz CT molecular complexity index is 679. The number of nitrogens with two attached hydrogens (primary N) is 1. The molecule has 0 radical (unpaired) electrons. The van der Waals surface area contributed by atoms with Gasteiger partial charge in [-0.25, -0.2) is 9.38 Å². The van der Waals surface area contributed by atoms with Crippen molar-refractivity contribution in [3.63, 3.8) is 0 Å². The van der Waals surface area contributed by atoms with Crippen molar-refractivity contribution in [1.29, 1.82) is 0 Å². The number of amidine groups is 1. The van der Waals surface area contributed by atoms with Gasteiger partial charge in [0.1, 0.15) is 11.6 Å². The minimum Gasteiger partial charge on any atom is -0.492 e. The molecule has 2 aromatic carbocycles. The molecule has 0 unspecified atom stereocenters. The predicted molar refractivity (Wildman–Crippen MR) is 91.8 cm³/mol. The first-order valence-corrected chi connectivity index (χ1v) is 8.03. The van der Waals surface area contributed by atoms with E-state index in [9.17, 15) is 4.39 Å². The van der Waals surface area contributed by atoms with Crippen molar-refractivity contribution in [2.45, 2.75) is 6.92 Å². The summed E-state index contributed by atoms with van der Waals surface area (Å²) >= 11 is 7.07. The number of aryl methyl sites for hydroxylation is 1. The minimum absolute atomic E-state index is 0.0296. The zero-order valence-corrected chi connectivity index (χ0v) is 13.6. The molecule has 2 aromatic rings. The van der Waals surface area contributed by atoms with E-state index in [0.29, 0.717) is 23.2 Å². The highest BCUT2D eigenvalue weighted by Gasteiger charge is 2.02. The molecule has 2 rings (SSSR count). The van der Waals surface area contributed by atoms with Crippen LogP contribution in [0.15, 0.2) is 47.5 Å². The lowest BCUT2D eigenvalue weighted by molar-refractivity contribution is 0.342. The van der Waals surface area contributed by atoms with Crippen molar-refractivity contribution in [3.05, 3.63) is 58.9 Å². The molecule has 3 nitrogen and oxygen atoms in total. The standard InChI is InChI=1S/C16H16ClFN2OS/c1-11-4-2-3-5-15(11)21-8-9-22-16(19)20-12-6-7-14(18)13(17)10-12/h2-7,10H,8-9H2,1H3,(H2,19,20). The normalized spacial score (nSPS) is 11.5. The lowest BCUT2D eigenvalue weighted by Crippen LogP contribution is -2.10. The second-order valence-corrected chi connectivity index (χ2v) is 6.03. The molecule has 0 aliphatic heterocycles. The Morgan fingerprint density at radius 3 is 2.82 bits per heavy atom. The Kier molecular flexibility index (Phi) is 6.10. The number of benzene rings is 2. The summed E-state index contributed by atoms with van der Waals surface area (Å²) in [5.74, 6) is 1.06. The molecule has 22 heavy (non-hydrogen) atoms. The van der Waals surface area contributed by atoms with Gasteiger partial charge in [-0.05, 0) is 36.8 Å². The van der Waals surface area contributed by atoms with E-state index in [4.69, 9.17) is 22.1 Å².